The van der Waals surface area contributed by atoms with Gasteiger partial charge in [-0.2, -0.15) is 0 Å². The first-order valence-electron chi connectivity index (χ1n) is 7.78. The van der Waals surface area contributed by atoms with Crippen LogP contribution in [0.4, 0.5) is 0 Å². The highest BCUT2D eigenvalue weighted by Gasteiger charge is 2.32. The average Bonchev–Trinajstić information content (AvgIpc) is 2.87. The second kappa shape index (κ2) is 6.17. The highest BCUT2D eigenvalue weighted by Crippen LogP contribution is 2.47. The van der Waals surface area contributed by atoms with E-state index in [9.17, 15) is 0 Å². The molecule has 0 aromatic heterocycles. The molecule has 2 aromatic rings. The minimum Gasteiger partial charge on any atom is -0.496 e. The normalized spacial score (nSPS) is 17.0. The number of hydrogen-bond donors (Lipinski definition) is 0. The largest absolute Gasteiger partial charge is 0.496 e. The maximum atomic E-state index is 5.78. The van der Waals surface area contributed by atoms with Crippen LogP contribution >= 0.6 is 0 Å². The van der Waals surface area contributed by atoms with Crippen molar-refractivity contribution in [3.63, 3.8) is 0 Å². The zero-order chi connectivity index (χ0) is 14.7. The Balaban J connectivity index is 2.12. The number of unbranched alkanes of at least 4 members (excludes halogenated alkanes) is 1. The number of ether oxygens (including phenoxy) is 1. The number of rotatable bonds is 5. The molecular weight excluding hydrogens is 256 g/mol. The molecule has 0 bridgehead atoms. The van der Waals surface area contributed by atoms with Gasteiger partial charge in [0, 0.05) is 11.5 Å². The van der Waals surface area contributed by atoms with E-state index in [2.05, 4.69) is 61.5 Å². The summed E-state index contributed by atoms with van der Waals surface area (Å²) in [4.78, 5) is 0. The monoisotopic (exact) mass is 278 g/mol. The molecule has 1 heteroatoms. The third-order valence-electron chi connectivity index (χ3n) is 4.29. The van der Waals surface area contributed by atoms with Gasteiger partial charge in [-0.15, -0.1) is 0 Å². The molecule has 1 atom stereocenters. The molecule has 0 amide bonds. The molecule has 0 spiro atoms. The van der Waals surface area contributed by atoms with Crippen molar-refractivity contribution >= 4 is 5.76 Å². The van der Waals surface area contributed by atoms with Gasteiger partial charge in [0.15, 0.2) is 0 Å². The summed E-state index contributed by atoms with van der Waals surface area (Å²) in [6.07, 6.45) is 3.52. The van der Waals surface area contributed by atoms with E-state index < -0.39 is 0 Å². The van der Waals surface area contributed by atoms with E-state index in [0.29, 0.717) is 5.92 Å². The van der Waals surface area contributed by atoms with E-state index in [4.69, 9.17) is 4.74 Å². The fourth-order valence-corrected chi connectivity index (χ4v) is 3.34. The van der Waals surface area contributed by atoms with Gasteiger partial charge in [-0.3, -0.25) is 0 Å². The molecule has 21 heavy (non-hydrogen) atoms. The summed E-state index contributed by atoms with van der Waals surface area (Å²) in [7, 11) is 1.80. The highest BCUT2D eigenvalue weighted by atomic mass is 16.5. The van der Waals surface area contributed by atoms with Crippen LogP contribution in [-0.2, 0) is 4.74 Å². The van der Waals surface area contributed by atoms with Gasteiger partial charge in [0.05, 0.1) is 7.11 Å². The third kappa shape index (κ3) is 2.49. The summed E-state index contributed by atoms with van der Waals surface area (Å²) < 4.78 is 5.78. The van der Waals surface area contributed by atoms with Crippen molar-refractivity contribution in [2.24, 2.45) is 0 Å². The third-order valence-corrected chi connectivity index (χ3v) is 4.29. The van der Waals surface area contributed by atoms with Gasteiger partial charge in [0.2, 0.25) is 0 Å². The second-order valence-corrected chi connectivity index (χ2v) is 5.59. The number of benzene rings is 2. The van der Waals surface area contributed by atoms with Crippen LogP contribution in [0.3, 0.4) is 0 Å². The van der Waals surface area contributed by atoms with Gasteiger partial charge in [0.1, 0.15) is 5.76 Å². The molecule has 0 saturated carbocycles. The molecule has 0 radical (unpaired) electrons. The Bertz CT molecular complexity index is 640. The summed E-state index contributed by atoms with van der Waals surface area (Å²) in [5.74, 6) is 1.44. The first kappa shape index (κ1) is 13.9. The Morgan fingerprint density at radius 1 is 0.952 bits per heavy atom. The zero-order valence-corrected chi connectivity index (χ0v) is 12.8. The summed E-state index contributed by atoms with van der Waals surface area (Å²) in [5, 5.41) is 0. The highest BCUT2D eigenvalue weighted by molar-refractivity contribution is 5.76. The lowest BCUT2D eigenvalue weighted by Crippen LogP contribution is -2.01. The van der Waals surface area contributed by atoms with E-state index in [-0.39, 0.29) is 0 Å². The van der Waals surface area contributed by atoms with Crippen molar-refractivity contribution in [1.82, 2.24) is 0 Å². The lowest BCUT2D eigenvalue weighted by Gasteiger charge is -2.17. The van der Waals surface area contributed by atoms with Crippen LogP contribution in [-0.4, -0.2) is 7.11 Å². The van der Waals surface area contributed by atoms with Crippen LogP contribution in [0.2, 0.25) is 0 Å². The lowest BCUT2D eigenvalue weighted by molar-refractivity contribution is 0.366. The van der Waals surface area contributed by atoms with Crippen molar-refractivity contribution in [1.29, 1.82) is 0 Å². The number of fused-ring (bicyclic) bond motifs is 1. The zero-order valence-electron chi connectivity index (χ0n) is 12.8. The minimum absolute atomic E-state index is 0.351. The molecule has 3 rings (SSSR count). The number of methoxy groups -OCH3 is 1. The molecule has 1 aliphatic rings. The fourth-order valence-electron chi connectivity index (χ4n) is 3.34. The van der Waals surface area contributed by atoms with E-state index in [1.807, 2.05) is 0 Å². The molecule has 1 unspecified atom stereocenters. The van der Waals surface area contributed by atoms with Crippen LogP contribution in [0.1, 0.15) is 48.8 Å². The van der Waals surface area contributed by atoms with Crippen LogP contribution in [0.5, 0.6) is 0 Å². The van der Waals surface area contributed by atoms with Crippen molar-refractivity contribution in [2.75, 3.05) is 7.11 Å². The van der Waals surface area contributed by atoms with Gasteiger partial charge >= 0.3 is 0 Å². The molecule has 0 N–H and O–H groups in total. The van der Waals surface area contributed by atoms with Crippen molar-refractivity contribution in [3.8, 4) is 0 Å². The average molecular weight is 278 g/mol. The standard InChI is InChI=1S/C20H22O/c1-3-4-12-18-19(15-10-6-5-7-11-15)16-13-8-9-14-17(16)20(18)21-2/h5-11,13-14,19H,3-4,12H2,1-2H3. The van der Waals surface area contributed by atoms with Gasteiger partial charge in [-0.05, 0) is 29.5 Å². The quantitative estimate of drug-likeness (QED) is 0.713. The summed E-state index contributed by atoms with van der Waals surface area (Å²) in [6.45, 7) is 2.24. The van der Waals surface area contributed by atoms with Crippen molar-refractivity contribution in [3.05, 3.63) is 76.9 Å². The van der Waals surface area contributed by atoms with E-state index in [1.165, 1.54) is 35.1 Å². The number of allylic oxidation sites excluding steroid dienone is 1. The Morgan fingerprint density at radius 3 is 2.38 bits per heavy atom. The molecule has 0 saturated heterocycles. The maximum absolute atomic E-state index is 5.78. The fraction of sp³-hybridized carbons (Fsp3) is 0.300. The van der Waals surface area contributed by atoms with E-state index in [1.54, 1.807) is 7.11 Å². The first-order chi connectivity index (χ1) is 10.4. The van der Waals surface area contributed by atoms with Crippen LogP contribution in [0.25, 0.3) is 5.76 Å². The molecular formula is C20H22O. The number of hydrogen-bond acceptors (Lipinski definition) is 1. The molecule has 1 aliphatic carbocycles. The van der Waals surface area contributed by atoms with Gasteiger partial charge in [-0.1, -0.05) is 67.9 Å². The SMILES string of the molecule is CCCCC1=C(OC)c2ccccc2C1c1ccccc1. The van der Waals surface area contributed by atoms with Crippen LogP contribution in [0, 0.1) is 0 Å². The second-order valence-electron chi connectivity index (χ2n) is 5.59. The molecule has 0 aliphatic heterocycles. The Hall–Kier alpha value is -2.02. The van der Waals surface area contributed by atoms with Crippen LogP contribution in [0.15, 0.2) is 60.2 Å². The molecule has 108 valence electrons. The van der Waals surface area contributed by atoms with E-state index in [0.717, 1.165) is 12.2 Å². The molecule has 2 aromatic carbocycles. The molecule has 0 heterocycles. The maximum Gasteiger partial charge on any atom is 0.126 e. The van der Waals surface area contributed by atoms with E-state index >= 15 is 0 Å². The molecule has 0 fully saturated rings. The van der Waals surface area contributed by atoms with Crippen molar-refractivity contribution < 1.29 is 4.74 Å². The predicted octanol–water partition coefficient (Wildman–Crippen LogP) is 5.38. The van der Waals surface area contributed by atoms with Crippen molar-refractivity contribution in [2.45, 2.75) is 32.1 Å². The Labute approximate surface area is 127 Å². The minimum atomic E-state index is 0.351. The Kier molecular flexibility index (Phi) is 4.10. The smallest absolute Gasteiger partial charge is 0.126 e. The van der Waals surface area contributed by atoms with Crippen LogP contribution < -0.4 is 0 Å². The Morgan fingerprint density at radius 2 is 1.67 bits per heavy atom. The predicted molar refractivity (Wildman–Crippen MR) is 88.2 cm³/mol. The van der Waals surface area contributed by atoms with Gasteiger partial charge < -0.3 is 4.74 Å². The summed E-state index contributed by atoms with van der Waals surface area (Å²) in [6, 6.07) is 19.4. The topological polar surface area (TPSA) is 9.23 Å². The van der Waals surface area contributed by atoms with Gasteiger partial charge in [-0.25, -0.2) is 0 Å². The lowest BCUT2D eigenvalue weighted by atomic mass is 9.86. The van der Waals surface area contributed by atoms with Gasteiger partial charge in [0.25, 0.3) is 0 Å². The summed E-state index contributed by atoms with van der Waals surface area (Å²) >= 11 is 0. The summed E-state index contributed by atoms with van der Waals surface area (Å²) in [5.41, 5.74) is 5.45. The first-order valence-corrected chi connectivity index (χ1v) is 7.78. The molecule has 1 nitrogen and oxygen atoms in total.